The lowest BCUT2D eigenvalue weighted by Gasteiger charge is -2.29. The molecule has 0 aromatic carbocycles. The van der Waals surface area contributed by atoms with Crippen molar-refractivity contribution in [1.29, 1.82) is 0 Å². The van der Waals surface area contributed by atoms with Crippen LogP contribution in [0.3, 0.4) is 0 Å². The first-order valence-electron chi connectivity index (χ1n) is 7.24. The Kier molecular flexibility index (Phi) is 5.74. The molecule has 2 N–H and O–H groups in total. The summed E-state index contributed by atoms with van der Waals surface area (Å²) in [5, 5.41) is 6.83. The van der Waals surface area contributed by atoms with Gasteiger partial charge in [-0.05, 0) is 25.5 Å². The van der Waals surface area contributed by atoms with Crippen LogP contribution < -0.4 is 10.6 Å². The average molecular weight is 320 g/mol. The predicted octanol–water partition coefficient (Wildman–Crippen LogP) is 0.554. The highest BCUT2D eigenvalue weighted by atomic mass is 32.2. The van der Waals surface area contributed by atoms with E-state index in [2.05, 4.69) is 16.9 Å². The summed E-state index contributed by atoms with van der Waals surface area (Å²) in [5.74, 6) is 0.244. The van der Waals surface area contributed by atoms with Gasteiger partial charge in [-0.25, -0.2) is 8.42 Å². The minimum Gasteiger partial charge on any atom is -0.353 e. The van der Waals surface area contributed by atoms with Gasteiger partial charge < -0.3 is 10.6 Å². The Labute approximate surface area is 125 Å². The van der Waals surface area contributed by atoms with Crippen LogP contribution in [0.2, 0.25) is 0 Å². The van der Waals surface area contributed by atoms with Crippen LogP contribution in [0.1, 0.15) is 32.1 Å². The summed E-state index contributed by atoms with van der Waals surface area (Å²) in [7, 11) is -2.97. The summed E-state index contributed by atoms with van der Waals surface area (Å²) in [6.07, 6.45) is 6.84. The van der Waals surface area contributed by atoms with E-state index < -0.39 is 9.84 Å². The van der Waals surface area contributed by atoms with E-state index in [0.29, 0.717) is 11.8 Å². The molecule has 3 unspecified atom stereocenters. The van der Waals surface area contributed by atoms with E-state index in [-0.39, 0.29) is 35.9 Å². The van der Waals surface area contributed by atoms with Gasteiger partial charge in [0.15, 0.2) is 9.84 Å². The zero-order valence-electron chi connectivity index (χ0n) is 11.9. The van der Waals surface area contributed by atoms with E-state index in [4.69, 9.17) is 0 Å². The predicted molar refractivity (Wildman–Crippen MR) is 82.8 cm³/mol. The Morgan fingerprint density at radius 3 is 2.90 bits per heavy atom. The lowest BCUT2D eigenvalue weighted by Crippen LogP contribution is -2.48. The molecule has 1 saturated carbocycles. The number of sulfone groups is 1. The van der Waals surface area contributed by atoms with Crippen LogP contribution in [0.4, 0.5) is 0 Å². The second kappa shape index (κ2) is 7.13. The van der Waals surface area contributed by atoms with Gasteiger partial charge >= 0.3 is 0 Å². The molecule has 0 aromatic heterocycles. The zero-order valence-corrected chi connectivity index (χ0v) is 13.6. The molecule has 1 aliphatic carbocycles. The lowest BCUT2D eigenvalue weighted by atomic mass is 9.95. The van der Waals surface area contributed by atoms with Gasteiger partial charge in [0.05, 0.1) is 11.5 Å². The number of amides is 1. The molecule has 2 fully saturated rings. The second-order valence-electron chi connectivity index (χ2n) is 5.76. The van der Waals surface area contributed by atoms with Crippen molar-refractivity contribution in [2.75, 3.05) is 24.3 Å². The molecule has 1 heterocycles. The van der Waals surface area contributed by atoms with Gasteiger partial charge in [0, 0.05) is 30.3 Å². The summed E-state index contributed by atoms with van der Waals surface area (Å²) in [5.41, 5.74) is 0. The Morgan fingerprint density at radius 1 is 1.40 bits per heavy atom. The third-order valence-electron chi connectivity index (χ3n) is 4.06. The first kappa shape index (κ1) is 16.1. The second-order valence-corrected chi connectivity index (χ2v) is 9.13. The highest BCUT2D eigenvalue weighted by molar-refractivity contribution is 7.99. The minimum atomic E-state index is -2.97. The lowest BCUT2D eigenvalue weighted by molar-refractivity contribution is -0.122. The van der Waals surface area contributed by atoms with Gasteiger partial charge in [0.1, 0.15) is 0 Å². The van der Waals surface area contributed by atoms with Crippen molar-refractivity contribution in [3.8, 4) is 0 Å². The molecule has 2 aliphatic rings. The Balaban J connectivity index is 1.77. The number of nitrogens with one attached hydrogen (secondary N) is 2. The molecule has 7 heteroatoms. The number of hydrogen-bond donors (Lipinski definition) is 2. The zero-order chi connectivity index (χ0) is 14.6. The fourth-order valence-electron chi connectivity index (χ4n) is 3.00. The van der Waals surface area contributed by atoms with E-state index in [0.717, 1.165) is 19.3 Å². The number of rotatable bonds is 4. The van der Waals surface area contributed by atoms with Gasteiger partial charge in [-0.15, -0.1) is 0 Å². The van der Waals surface area contributed by atoms with E-state index in [1.807, 2.05) is 11.8 Å². The van der Waals surface area contributed by atoms with Crippen molar-refractivity contribution in [3.05, 3.63) is 0 Å². The number of thioether (sulfide) groups is 1. The van der Waals surface area contributed by atoms with Crippen LogP contribution in [-0.2, 0) is 14.6 Å². The number of carbonyl (C=O) groups is 1. The van der Waals surface area contributed by atoms with Gasteiger partial charge in [-0.2, -0.15) is 11.8 Å². The first-order valence-corrected chi connectivity index (χ1v) is 10.4. The molecule has 0 bridgehead atoms. The van der Waals surface area contributed by atoms with Crippen LogP contribution in [0.15, 0.2) is 0 Å². The Bertz CT molecular complexity index is 439. The standard InChI is InChI=1S/C13H24N2O3S2/c1-19-12-4-2-3-10(7-12)15-13(16)8-11-9-20(17,18)6-5-14-11/h10-12,14H,2-9H2,1H3,(H,15,16). The first-order chi connectivity index (χ1) is 9.48. The Hall–Kier alpha value is -0.270. The normalized spacial score (nSPS) is 33.5. The van der Waals surface area contributed by atoms with Crippen LogP contribution in [-0.4, -0.2) is 56.0 Å². The third-order valence-corrected chi connectivity index (χ3v) is 6.89. The van der Waals surface area contributed by atoms with Crippen molar-refractivity contribution < 1.29 is 13.2 Å². The maximum Gasteiger partial charge on any atom is 0.221 e. The quantitative estimate of drug-likeness (QED) is 0.791. The maximum atomic E-state index is 12.0. The SMILES string of the molecule is CSC1CCCC(NC(=O)CC2CS(=O)(=O)CCN2)C1. The van der Waals surface area contributed by atoms with Gasteiger partial charge in [0.2, 0.25) is 5.91 Å². The van der Waals surface area contributed by atoms with E-state index in [9.17, 15) is 13.2 Å². The summed E-state index contributed by atoms with van der Waals surface area (Å²) < 4.78 is 23.1. The van der Waals surface area contributed by atoms with Crippen molar-refractivity contribution in [2.45, 2.75) is 49.4 Å². The molecule has 0 spiro atoms. The van der Waals surface area contributed by atoms with Gasteiger partial charge in [-0.3, -0.25) is 4.79 Å². The smallest absolute Gasteiger partial charge is 0.221 e. The molecule has 2 rings (SSSR count). The topological polar surface area (TPSA) is 75.3 Å². The number of carbonyl (C=O) groups excluding carboxylic acids is 1. The maximum absolute atomic E-state index is 12.0. The van der Waals surface area contributed by atoms with E-state index >= 15 is 0 Å². The Morgan fingerprint density at radius 2 is 2.20 bits per heavy atom. The minimum absolute atomic E-state index is 0.0219. The average Bonchev–Trinajstić information content (AvgIpc) is 2.37. The van der Waals surface area contributed by atoms with Crippen LogP contribution in [0.25, 0.3) is 0 Å². The van der Waals surface area contributed by atoms with E-state index in [1.165, 1.54) is 6.42 Å². The van der Waals surface area contributed by atoms with Crippen molar-refractivity contribution in [1.82, 2.24) is 10.6 Å². The molecular formula is C13H24N2O3S2. The monoisotopic (exact) mass is 320 g/mol. The van der Waals surface area contributed by atoms with Gasteiger partial charge in [0.25, 0.3) is 0 Å². The van der Waals surface area contributed by atoms with Crippen molar-refractivity contribution in [2.24, 2.45) is 0 Å². The summed E-state index contributed by atoms with van der Waals surface area (Å²) >= 11 is 1.87. The fourth-order valence-corrected chi connectivity index (χ4v) is 5.27. The molecule has 1 saturated heterocycles. The fraction of sp³-hybridized carbons (Fsp3) is 0.923. The summed E-state index contributed by atoms with van der Waals surface area (Å²) in [6, 6.07) is 0.0302. The number of hydrogen-bond acceptors (Lipinski definition) is 5. The van der Waals surface area contributed by atoms with Gasteiger partial charge in [-0.1, -0.05) is 6.42 Å². The highest BCUT2D eigenvalue weighted by Gasteiger charge is 2.27. The third kappa shape index (κ3) is 4.93. The molecule has 116 valence electrons. The molecular weight excluding hydrogens is 296 g/mol. The van der Waals surface area contributed by atoms with Crippen LogP contribution in [0, 0.1) is 0 Å². The molecule has 1 aliphatic heterocycles. The molecule has 20 heavy (non-hydrogen) atoms. The van der Waals surface area contributed by atoms with Crippen molar-refractivity contribution in [3.63, 3.8) is 0 Å². The highest BCUT2D eigenvalue weighted by Crippen LogP contribution is 2.26. The van der Waals surface area contributed by atoms with E-state index in [1.54, 1.807) is 0 Å². The van der Waals surface area contributed by atoms with Crippen LogP contribution >= 0.6 is 11.8 Å². The van der Waals surface area contributed by atoms with Crippen LogP contribution in [0.5, 0.6) is 0 Å². The molecule has 0 aromatic rings. The molecule has 0 radical (unpaired) electrons. The summed E-state index contributed by atoms with van der Waals surface area (Å²) in [6.45, 7) is 0.457. The molecule has 3 atom stereocenters. The largest absolute Gasteiger partial charge is 0.353 e. The van der Waals surface area contributed by atoms with Crippen molar-refractivity contribution >= 4 is 27.5 Å². The molecule has 5 nitrogen and oxygen atoms in total. The molecule has 1 amide bonds. The summed E-state index contributed by atoms with van der Waals surface area (Å²) in [4.78, 5) is 12.0.